The molecule has 3 nitrogen and oxygen atoms in total. The fourth-order valence-electron chi connectivity index (χ4n) is 9.62. The SMILES string of the molecule is c1ccc(-c2ccc(-c3nc4c(c(-c5cccc6ccccc56)n3)C3(c5ccccc5-4)c4ccccc4-n4c5ccccc5c5cccc3c54)cc2)cc1. The van der Waals surface area contributed by atoms with E-state index in [4.69, 9.17) is 9.97 Å². The Labute approximate surface area is 312 Å². The molecule has 10 aromatic rings. The summed E-state index contributed by atoms with van der Waals surface area (Å²) in [7, 11) is 0. The second kappa shape index (κ2) is 11.0. The van der Waals surface area contributed by atoms with Gasteiger partial charge in [0.25, 0.3) is 0 Å². The van der Waals surface area contributed by atoms with Crippen molar-refractivity contribution >= 4 is 32.6 Å². The summed E-state index contributed by atoms with van der Waals surface area (Å²) in [5.74, 6) is 0.722. The van der Waals surface area contributed by atoms with Crippen LogP contribution < -0.4 is 0 Å². The van der Waals surface area contributed by atoms with Gasteiger partial charge in [-0.15, -0.1) is 0 Å². The van der Waals surface area contributed by atoms with Crippen molar-refractivity contribution in [3.05, 3.63) is 210 Å². The molecule has 0 fully saturated rings. The fraction of sp³-hybridized carbons (Fsp3) is 0.0196. The molecule has 0 N–H and O–H groups in total. The number of hydrogen-bond donors (Lipinski definition) is 0. The van der Waals surface area contributed by atoms with Crippen molar-refractivity contribution < 1.29 is 0 Å². The zero-order chi connectivity index (χ0) is 35.4. The highest BCUT2D eigenvalue weighted by Gasteiger charge is 2.53. The van der Waals surface area contributed by atoms with Crippen molar-refractivity contribution in [2.24, 2.45) is 0 Å². The van der Waals surface area contributed by atoms with Gasteiger partial charge in [0.2, 0.25) is 0 Å². The van der Waals surface area contributed by atoms with Crippen molar-refractivity contribution in [1.29, 1.82) is 0 Å². The van der Waals surface area contributed by atoms with Crippen LogP contribution in [0.25, 0.3) is 83.3 Å². The summed E-state index contributed by atoms with van der Waals surface area (Å²) in [4.78, 5) is 11.3. The minimum atomic E-state index is -0.672. The Morgan fingerprint density at radius 2 is 0.963 bits per heavy atom. The van der Waals surface area contributed by atoms with Gasteiger partial charge in [0.15, 0.2) is 5.82 Å². The molecular weight excluding hydrogens is 655 g/mol. The van der Waals surface area contributed by atoms with E-state index >= 15 is 0 Å². The van der Waals surface area contributed by atoms with Crippen LogP contribution in [0.2, 0.25) is 0 Å². The maximum absolute atomic E-state index is 5.69. The molecule has 8 aromatic carbocycles. The molecule has 54 heavy (non-hydrogen) atoms. The van der Waals surface area contributed by atoms with Gasteiger partial charge in [0.05, 0.1) is 33.5 Å². The van der Waals surface area contributed by atoms with Crippen LogP contribution >= 0.6 is 0 Å². The van der Waals surface area contributed by atoms with Gasteiger partial charge in [-0.3, -0.25) is 0 Å². The summed E-state index contributed by atoms with van der Waals surface area (Å²) >= 11 is 0. The van der Waals surface area contributed by atoms with E-state index in [-0.39, 0.29) is 0 Å². The zero-order valence-corrected chi connectivity index (χ0v) is 29.2. The van der Waals surface area contributed by atoms with Gasteiger partial charge in [0, 0.05) is 33.0 Å². The van der Waals surface area contributed by atoms with Gasteiger partial charge in [-0.25, -0.2) is 9.97 Å². The number of aromatic nitrogens is 3. The average molecular weight is 686 g/mol. The van der Waals surface area contributed by atoms with Crippen LogP contribution in [0.15, 0.2) is 188 Å². The molecule has 12 rings (SSSR count). The quantitative estimate of drug-likeness (QED) is 0.185. The molecule has 0 radical (unpaired) electrons. The highest BCUT2D eigenvalue weighted by molar-refractivity contribution is 6.13. The molecular formula is C51H31N3. The van der Waals surface area contributed by atoms with Gasteiger partial charge in [0.1, 0.15) is 0 Å². The fourth-order valence-corrected chi connectivity index (χ4v) is 9.62. The molecule has 1 unspecified atom stereocenters. The van der Waals surface area contributed by atoms with E-state index in [1.807, 2.05) is 0 Å². The molecule has 0 amide bonds. The van der Waals surface area contributed by atoms with Crippen LogP contribution in [0.1, 0.15) is 22.3 Å². The summed E-state index contributed by atoms with van der Waals surface area (Å²) in [6, 6.07) is 68.1. The summed E-state index contributed by atoms with van der Waals surface area (Å²) in [6.45, 7) is 0. The lowest BCUT2D eigenvalue weighted by Crippen LogP contribution is -2.34. The summed E-state index contributed by atoms with van der Waals surface area (Å²) in [5.41, 5.74) is 15.4. The molecule has 250 valence electrons. The number of nitrogens with zero attached hydrogens (tertiary/aromatic N) is 3. The Morgan fingerprint density at radius 1 is 0.389 bits per heavy atom. The first-order valence-corrected chi connectivity index (χ1v) is 18.6. The molecule has 1 atom stereocenters. The number of rotatable bonds is 3. The summed E-state index contributed by atoms with van der Waals surface area (Å²) in [6.07, 6.45) is 0. The van der Waals surface area contributed by atoms with E-state index in [1.165, 1.54) is 66.1 Å². The molecule has 3 heteroatoms. The topological polar surface area (TPSA) is 30.7 Å². The maximum atomic E-state index is 5.69. The van der Waals surface area contributed by atoms with Crippen LogP contribution in [0.5, 0.6) is 0 Å². The van der Waals surface area contributed by atoms with Crippen LogP contribution in [0, 0.1) is 0 Å². The Kier molecular flexibility index (Phi) is 5.98. The third kappa shape index (κ3) is 3.80. The van der Waals surface area contributed by atoms with Crippen molar-refractivity contribution in [2.75, 3.05) is 0 Å². The molecule has 1 aliphatic heterocycles. The predicted molar refractivity (Wildman–Crippen MR) is 221 cm³/mol. The van der Waals surface area contributed by atoms with Crippen molar-refractivity contribution in [2.45, 2.75) is 5.41 Å². The molecule has 0 saturated carbocycles. The summed E-state index contributed by atoms with van der Waals surface area (Å²) < 4.78 is 2.49. The van der Waals surface area contributed by atoms with Gasteiger partial charge in [-0.2, -0.15) is 0 Å². The first kappa shape index (κ1) is 29.5. The standard InChI is InChI=1S/C51H31N3/c1-2-14-32(15-3-1)33-28-30-35(31-29-33)50-52-47(38-21-12-17-34-16-4-5-18-36(34)38)46-48(53-50)40-20-6-8-23-41(40)51(46)42-24-9-11-27-45(42)54-44-26-10-7-19-37(44)39-22-13-25-43(51)49(39)54/h1-31H. The highest BCUT2D eigenvalue weighted by atomic mass is 15.0. The molecule has 0 bridgehead atoms. The van der Waals surface area contributed by atoms with Gasteiger partial charge in [-0.1, -0.05) is 176 Å². The second-order valence-corrected chi connectivity index (χ2v) is 14.5. The Hall–Kier alpha value is -7.10. The minimum Gasteiger partial charge on any atom is -0.309 e. The lowest BCUT2D eigenvalue weighted by molar-refractivity contribution is 0.744. The van der Waals surface area contributed by atoms with E-state index in [0.29, 0.717) is 0 Å². The van der Waals surface area contributed by atoms with Crippen LogP contribution in [0.3, 0.4) is 0 Å². The molecule has 2 aromatic heterocycles. The number of para-hydroxylation sites is 3. The zero-order valence-electron chi connectivity index (χ0n) is 29.2. The molecule has 1 spiro atoms. The first-order valence-electron chi connectivity index (χ1n) is 18.6. The van der Waals surface area contributed by atoms with Crippen LogP contribution in [0.4, 0.5) is 0 Å². The van der Waals surface area contributed by atoms with Crippen molar-refractivity contribution in [3.63, 3.8) is 0 Å². The average Bonchev–Trinajstić information content (AvgIpc) is 3.74. The molecule has 0 saturated heterocycles. The maximum Gasteiger partial charge on any atom is 0.160 e. The van der Waals surface area contributed by atoms with Crippen LogP contribution in [-0.2, 0) is 5.41 Å². The highest BCUT2D eigenvalue weighted by Crippen LogP contribution is 2.62. The largest absolute Gasteiger partial charge is 0.309 e. The molecule has 3 heterocycles. The Bertz CT molecular complexity index is 3150. The monoisotopic (exact) mass is 685 g/mol. The Morgan fingerprint density at radius 3 is 1.83 bits per heavy atom. The second-order valence-electron chi connectivity index (χ2n) is 14.5. The number of fused-ring (bicyclic) bond motifs is 13. The normalized spacial score (nSPS) is 15.1. The van der Waals surface area contributed by atoms with E-state index in [9.17, 15) is 0 Å². The van der Waals surface area contributed by atoms with Gasteiger partial charge in [-0.05, 0) is 50.7 Å². The van der Waals surface area contributed by atoms with Gasteiger partial charge < -0.3 is 4.57 Å². The van der Waals surface area contributed by atoms with Gasteiger partial charge >= 0.3 is 0 Å². The van der Waals surface area contributed by atoms with E-state index < -0.39 is 5.41 Å². The molecule has 2 aliphatic rings. The van der Waals surface area contributed by atoms with E-state index in [1.54, 1.807) is 0 Å². The van der Waals surface area contributed by atoms with Crippen molar-refractivity contribution in [3.8, 4) is 50.7 Å². The van der Waals surface area contributed by atoms with Crippen molar-refractivity contribution in [1.82, 2.24) is 14.5 Å². The molecule has 1 aliphatic carbocycles. The van der Waals surface area contributed by atoms with Crippen LogP contribution in [-0.4, -0.2) is 14.5 Å². The van der Waals surface area contributed by atoms with E-state index in [2.05, 4.69) is 193 Å². The predicted octanol–water partition coefficient (Wildman–Crippen LogP) is 12.4. The smallest absolute Gasteiger partial charge is 0.160 e. The Balaban J connectivity index is 1.24. The summed E-state index contributed by atoms with van der Waals surface area (Å²) in [5, 5.41) is 4.87. The first-order chi connectivity index (χ1) is 26.8. The van der Waals surface area contributed by atoms with E-state index in [0.717, 1.165) is 39.5 Å². The lowest BCUT2D eigenvalue weighted by Gasteiger charge is -2.40. The third-order valence-electron chi connectivity index (χ3n) is 11.8. The number of hydrogen-bond acceptors (Lipinski definition) is 2. The number of benzene rings is 8. The minimum absolute atomic E-state index is 0.672. The lowest BCUT2D eigenvalue weighted by atomic mass is 9.64. The third-order valence-corrected chi connectivity index (χ3v) is 11.8.